The Balaban J connectivity index is 2.03. The molecule has 0 amide bonds. The van der Waals surface area contributed by atoms with Crippen LogP contribution in [0.2, 0.25) is 0 Å². The van der Waals surface area contributed by atoms with Crippen LogP contribution in [-0.2, 0) is 4.74 Å². The fourth-order valence-electron chi connectivity index (χ4n) is 1.47. The minimum absolute atomic E-state index is 0.456. The maximum Gasteiger partial charge on any atom is 0.0700 e. The van der Waals surface area contributed by atoms with Gasteiger partial charge in [0.25, 0.3) is 0 Å². The Morgan fingerprint density at radius 1 is 1.75 bits per heavy atom. The molecule has 1 aliphatic rings. The molecule has 0 spiro atoms. The van der Waals surface area contributed by atoms with E-state index in [0.717, 1.165) is 19.6 Å². The molecule has 1 aliphatic heterocycles. The average Bonchev–Trinajstić information content (AvgIpc) is 2.53. The van der Waals surface area contributed by atoms with Crippen molar-refractivity contribution in [1.82, 2.24) is 5.32 Å². The van der Waals surface area contributed by atoms with Crippen molar-refractivity contribution in [2.45, 2.75) is 38.3 Å². The van der Waals surface area contributed by atoms with Gasteiger partial charge in [-0.1, -0.05) is 6.08 Å². The molecule has 0 aliphatic carbocycles. The summed E-state index contributed by atoms with van der Waals surface area (Å²) in [5.74, 6) is 0. The molecule has 1 unspecified atom stereocenters. The fourth-order valence-corrected chi connectivity index (χ4v) is 1.47. The van der Waals surface area contributed by atoms with Crippen LogP contribution in [0.15, 0.2) is 12.7 Å². The molecule has 0 aromatic carbocycles. The Kier molecular flexibility index (Phi) is 4.33. The highest BCUT2D eigenvalue weighted by Crippen LogP contribution is 2.10. The van der Waals surface area contributed by atoms with Crippen molar-refractivity contribution in [3.63, 3.8) is 0 Å². The minimum Gasteiger partial charge on any atom is -0.377 e. The predicted molar refractivity (Wildman–Crippen MR) is 51.3 cm³/mol. The molecule has 2 heteroatoms. The highest BCUT2D eigenvalue weighted by molar-refractivity contribution is 4.76. The largest absolute Gasteiger partial charge is 0.377 e. The zero-order valence-corrected chi connectivity index (χ0v) is 7.88. The van der Waals surface area contributed by atoms with Gasteiger partial charge >= 0.3 is 0 Å². The van der Waals surface area contributed by atoms with Gasteiger partial charge in [-0.25, -0.2) is 0 Å². The number of hydrogen-bond donors (Lipinski definition) is 1. The summed E-state index contributed by atoms with van der Waals surface area (Å²) in [6, 6.07) is 0.534. The molecular formula is C10H19NO. The average molecular weight is 169 g/mol. The summed E-state index contributed by atoms with van der Waals surface area (Å²) in [5, 5.41) is 3.43. The maximum atomic E-state index is 5.49. The van der Waals surface area contributed by atoms with Crippen LogP contribution in [0, 0.1) is 0 Å². The monoisotopic (exact) mass is 169 g/mol. The molecule has 1 saturated heterocycles. The van der Waals surface area contributed by atoms with E-state index < -0.39 is 0 Å². The van der Waals surface area contributed by atoms with Gasteiger partial charge in [0.05, 0.1) is 6.10 Å². The van der Waals surface area contributed by atoms with Crippen molar-refractivity contribution in [3.05, 3.63) is 12.7 Å². The highest BCUT2D eigenvalue weighted by atomic mass is 16.5. The van der Waals surface area contributed by atoms with Gasteiger partial charge in [0.15, 0.2) is 0 Å². The van der Waals surface area contributed by atoms with Gasteiger partial charge in [0.1, 0.15) is 0 Å². The number of ether oxygens (including phenoxy) is 1. The van der Waals surface area contributed by atoms with Gasteiger partial charge in [0.2, 0.25) is 0 Å². The highest BCUT2D eigenvalue weighted by Gasteiger charge is 2.15. The van der Waals surface area contributed by atoms with Gasteiger partial charge in [-0.15, -0.1) is 6.58 Å². The number of nitrogens with one attached hydrogen (secondary N) is 1. The second-order valence-corrected chi connectivity index (χ2v) is 3.47. The van der Waals surface area contributed by atoms with E-state index in [0.29, 0.717) is 12.1 Å². The molecule has 0 aromatic heterocycles. The lowest BCUT2D eigenvalue weighted by Gasteiger charge is -2.15. The standard InChI is InChI=1S/C10H19NO/c1-3-5-9(2)11-8-10-6-4-7-12-10/h3,9-11H,1,4-8H2,2H3/t9?,10-/m0/s1. The second kappa shape index (κ2) is 5.33. The van der Waals surface area contributed by atoms with Crippen LogP contribution in [0.1, 0.15) is 26.2 Å². The quantitative estimate of drug-likeness (QED) is 0.633. The first-order valence-corrected chi connectivity index (χ1v) is 4.79. The number of hydrogen-bond acceptors (Lipinski definition) is 2. The van der Waals surface area contributed by atoms with E-state index in [1.165, 1.54) is 12.8 Å². The van der Waals surface area contributed by atoms with Crippen molar-refractivity contribution in [2.24, 2.45) is 0 Å². The molecular weight excluding hydrogens is 150 g/mol. The van der Waals surface area contributed by atoms with Crippen molar-refractivity contribution < 1.29 is 4.74 Å². The normalized spacial score (nSPS) is 25.6. The van der Waals surface area contributed by atoms with Crippen LogP contribution in [-0.4, -0.2) is 25.3 Å². The Hall–Kier alpha value is -0.340. The van der Waals surface area contributed by atoms with Crippen LogP contribution >= 0.6 is 0 Å². The van der Waals surface area contributed by atoms with Crippen LogP contribution < -0.4 is 5.32 Å². The molecule has 1 N–H and O–H groups in total. The summed E-state index contributed by atoms with van der Waals surface area (Å²) in [6.07, 6.45) is 5.88. The fraction of sp³-hybridized carbons (Fsp3) is 0.800. The zero-order chi connectivity index (χ0) is 8.81. The van der Waals surface area contributed by atoms with Crippen LogP contribution in [0.4, 0.5) is 0 Å². The minimum atomic E-state index is 0.456. The van der Waals surface area contributed by atoms with Gasteiger partial charge < -0.3 is 10.1 Å². The van der Waals surface area contributed by atoms with Gasteiger partial charge in [-0.05, 0) is 26.2 Å². The predicted octanol–water partition coefficient (Wildman–Crippen LogP) is 1.72. The molecule has 12 heavy (non-hydrogen) atoms. The number of rotatable bonds is 5. The van der Waals surface area contributed by atoms with Gasteiger partial charge in [-0.3, -0.25) is 0 Å². The molecule has 0 radical (unpaired) electrons. The molecule has 1 rings (SSSR count). The second-order valence-electron chi connectivity index (χ2n) is 3.47. The van der Waals surface area contributed by atoms with Crippen molar-refractivity contribution in [1.29, 1.82) is 0 Å². The van der Waals surface area contributed by atoms with E-state index in [9.17, 15) is 0 Å². The van der Waals surface area contributed by atoms with Crippen molar-refractivity contribution in [2.75, 3.05) is 13.2 Å². The molecule has 1 heterocycles. The third-order valence-electron chi connectivity index (χ3n) is 2.24. The van der Waals surface area contributed by atoms with E-state index in [1.807, 2.05) is 6.08 Å². The lowest BCUT2D eigenvalue weighted by atomic mass is 10.2. The summed E-state index contributed by atoms with van der Waals surface area (Å²) in [6.45, 7) is 7.83. The Labute approximate surface area is 75.0 Å². The SMILES string of the molecule is C=CCC(C)NC[C@@H]1CCCO1. The summed E-state index contributed by atoms with van der Waals surface area (Å²) in [4.78, 5) is 0. The Bertz CT molecular complexity index is 130. The van der Waals surface area contributed by atoms with Crippen LogP contribution in [0.25, 0.3) is 0 Å². The van der Waals surface area contributed by atoms with Crippen LogP contribution in [0.3, 0.4) is 0 Å². The van der Waals surface area contributed by atoms with E-state index in [2.05, 4.69) is 18.8 Å². The topological polar surface area (TPSA) is 21.3 Å². The summed E-state index contributed by atoms with van der Waals surface area (Å²) >= 11 is 0. The van der Waals surface area contributed by atoms with E-state index >= 15 is 0 Å². The lowest BCUT2D eigenvalue weighted by molar-refractivity contribution is 0.108. The van der Waals surface area contributed by atoms with E-state index in [1.54, 1.807) is 0 Å². The first-order chi connectivity index (χ1) is 5.83. The van der Waals surface area contributed by atoms with Gasteiger partial charge in [0, 0.05) is 19.2 Å². The Morgan fingerprint density at radius 3 is 3.17 bits per heavy atom. The molecule has 70 valence electrons. The molecule has 0 bridgehead atoms. The summed E-state index contributed by atoms with van der Waals surface area (Å²) in [7, 11) is 0. The van der Waals surface area contributed by atoms with Crippen LogP contribution in [0.5, 0.6) is 0 Å². The zero-order valence-electron chi connectivity index (χ0n) is 7.88. The first kappa shape index (κ1) is 9.75. The van der Waals surface area contributed by atoms with Crippen molar-refractivity contribution in [3.8, 4) is 0 Å². The van der Waals surface area contributed by atoms with E-state index in [-0.39, 0.29) is 0 Å². The summed E-state index contributed by atoms with van der Waals surface area (Å²) in [5.41, 5.74) is 0. The molecule has 1 fully saturated rings. The smallest absolute Gasteiger partial charge is 0.0700 e. The van der Waals surface area contributed by atoms with Gasteiger partial charge in [-0.2, -0.15) is 0 Å². The third kappa shape index (κ3) is 3.37. The molecule has 2 nitrogen and oxygen atoms in total. The molecule has 0 aromatic rings. The van der Waals surface area contributed by atoms with Crippen molar-refractivity contribution >= 4 is 0 Å². The lowest BCUT2D eigenvalue weighted by Crippen LogP contribution is -2.33. The summed E-state index contributed by atoms with van der Waals surface area (Å²) < 4.78 is 5.49. The first-order valence-electron chi connectivity index (χ1n) is 4.79. The van der Waals surface area contributed by atoms with E-state index in [4.69, 9.17) is 4.74 Å². The molecule has 2 atom stereocenters. The third-order valence-corrected chi connectivity index (χ3v) is 2.24. The maximum absolute atomic E-state index is 5.49. The molecule has 0 saturated carbocycles. The Morgan fingerprint density at radius 2 is 2.58 bits per heavy atom.